The van der Waals surface area contributed by atoms with Gasteiger partial charge >= 0.3 is 12.1 Å². The Morgan fingerprint density at radius 1 is 1.03 bits per heavy atom. The van der Waals surface area contributed by atoms with Crippen LogP contribution in [0.25, 0.3) is 6.08 Å². The minimum absolute atomic E-state index is 0.0169. The normalized spacial score (nSPS) is 18.7. The van der Waals surface area contributed by atoms with Crippen molar-refractivity contribution in [2.24, 2.45) is 5.92 Å². The minimum Gasteiger partial charge on any atom is -0.458 e. The van der Waals surface area contributed by atoms with Gasteiger partial charge in [0, 0.05) is 5.92 Å². The van der Waals surface area contributed by atoms with E-state index in [0.29, 0.717) is 6.42 Å². The van der Waals surface area contributed by atoms with Crippen molar-refractivity contribution < 1.29 is 23.9 Å². The highest BCUT2D eigenvalue weighted by Crippen LogP contribution is 2.30. The van der Waals surface area contributed by atoms with E-state index in [1.54, 1.807) is 20.8 Å². The first-order valence-electron chi connectivity index (χ1n) is 10.7. The second-order valence-corrected chi connectivity index (χ2v) is 8.78. The lowest BCUT2D eigenvalue weighted by Gasteiger charge is -2.25. The molecule has 0 aliphatic carbocycles. The third-order valence-electron chi connectivity index (χ3n) is 5.02. The molecule has 0 bridgehead atoms. The van der Waals surface area contributed by atoms with Crippen molar-refractivity contribution in [3.8, 4) is 0 Å². The molecule has 0 unspecified atom stereocenters. The summed E-state index contributed by atoms with van der Waals surface area (Å²) in [4.78, 5) is 39.6. The van der Waals surface area contributed by atoms with Gasteiger partial charge in [-0.05, 0) is 44.7 Å². The van der Waals surface area contributed by atoms with E-state index < -0.39 is 35.5 Å². The van der Waals surface area contributed by atoms with Crippen LogP contribution in [0.2, 0.25) is 0 Å². The molecular weight excluding hydrogens is 406 g/mol. The maximum Gasteiger partial charge on any atom is 0.417 e. The van der Waals surface area contributed by atoms with Gasteiger partial charge < -0.3 is 9.47 Å². The molecule has 2 aromatic carbocycles. The number of imide groups is 1. The molecule has 3 rings (SSSR count). The summed E-state index contributed by atoms with van der Waals surface area (Å²) in [6.07, 6.45) is 3.60. The summed E-state index contributed by atoms with van der Waals surface area (Å²) in [5.41, 5.74) is 1.08. The number of allylic oxidation sites excluding steroid dienone is 1. The molecule has 0 N–H and O–H groups in total. The Kier molecular flexibility index (Phi) is 7.46. The van der Waals surface area contributed by atoms with Crippen LogP contribution in [-0.4, -0.2) is 34.5 Å². The summed E-state index contributed by atoms with van der Waals surface area (Å²) in [7, 11) is 0. The fourth-order valence-electron chi connectivity index (χ4n) is 3.53. The Balaban J connectivity index is 1.72. The first kappa shape index (κ1) is 23.3. The van der Waals surface area contributed by atoms with Crippen LogP contribution < -0.4 is 0 Å². The van der Waals surface area contributed by atoms with Gasteiger partial charge in [-0.25, -0.2) is 14.5 Å². The highest BCUT2D eigenvalue weighted by molar-refractivity contribution is 6.00. The maximum atomic E-state index is 13.1. The molecule has 1 heterocycles. The lowest BCUT2D eigenvalue weighted by Crippen LogP contribution is -2.45. The molecule has 1 aliphatic heterocycles. The third kappa shape index (κ3) is 6.30. The number of likely N-dealkylation sites (tertiary alicyclic amines) is 1. The van der Waals surface area contributed by atoms with E-state index in [4.69, 9.17) is 9.47 Å². The van der Waals surface area contributed by atoms with Crippen LogP contribution in [-0.2, 0) is 25.7 Å². The molecule has 0 aromatic heterocycles. The topological polar surface area (TPSA) is 72.9 Å². The number of rotatable bonds is 6. The average molecular weight is 436 g/mol. The standard InChI is InChI=1S/C26H29NO5/c1-26(2,3)32-24(29)22-17-21(16-10-15-19-11-6-4-7-12-19)23(28)27(22)25(30)31-18-20-13-8-5-9-14-20/h4-15,21-22H,16-18H2,1-3H3/b15-10+/t21-,22+/m1/s1. The van der Waals surface area contributed by atoms with Crippen molar-refractivity contribution in [1.82, 2.24) is 4.90 Å². The van der Waals surface area contributed by atoms with Gasteiger partial charge in [0.1, 0.15) is 18.2 Å². The number of hydrogen-bond acceptors (Lipinski definition) is 5. The van der Waals surface area contributed by atoms with Crippen molar-refractivity contribution in [2.75, 3.05) is 0 Å². The second-order valence-electron chi connectivity index (χ2n) is 8.78. The Bertz CT molecular complexity index is 963. The number of amides is 2. The van der Waals surface area contributed by atoms with Crippen molar-refractivity contribution in [3.05, 3.63) is 77.9 Å². The monoisotopic (exact) mass is 435 g/mol. The van der Waals surface area contributed by atoms with E-state index in [-0.39, 0.29) is 13.0 Å². The summed E-state index contributed by atoms with van der Waals surface area (Å²) >= 11 is 0. The number of ether oxygens (including phenoxy) is 2. The number of esters is 1. The SMILES string of the molecule is CC(C)(C)OC(=O)[C@@H]1C[C@@H](C/C=C/c2ccccc2)C(=O)N1C(=O)OCc1ccccc1. The summed E-state index contributed by atoms with van der Waals surface area (Å²) in [5, 5.41) is 0. The van der Waals surface area contributed by atoms with Crippen LogP contribution >= 0.6 is 0 Å². The highest BCUT2D eigenvalue weighted by atomic mass is 16.6. The smallest absolute Gasteiger partial charge is 0.417 e. The molecule has 2 aromatic rings. The van der Waals surface area contributed by atoms with Crippen LogP contribution in [0.1, 0.15) is 44.7 Å². The molecule has 6 heteroatoms. The van der Waals surface area contributed by atoms with E-state index in [0.717, 1.165) is 16.0 Å². The van der Waals surface area contributed by atoms with Gasteiger partial charge in [-0.15, -0.1) is 0 Å². The number of nitrogens with zero attached hydrogens (tertiary/aromatic N) is 1. The van der Waals surface area contributed by atoms with Crippen LogP contribution in [0.3, 0.4) is 0 Å². The zero-order valence-corrected chi connectivity index (χ0v) is 18.7. The molecule has 6 nitrogen and oxygen atoms in total. The summed E-state index contributed by atoms with van der Waals surface area (Å²) in [6, 6.07) is 17.9. The molecule has 1 aliphatic rings. The molecule has 168 valence electrons. The van der Waals surface area contributed by atoms with E-state index in [1.165, 1.54) is 0 Å². The minimum atomic E-state index is -1.000. The van der Waals surface area contributed by atoms with Gasteiger partial charge in [-0.1, -0.05) is 72.8 Å². The largest absolute Gasteiger partial charge is 0.458 e. The molecule has 0 spiro atoms. The first-order valence-corrected chi connectivity index (χ1v) is 10.7. The molecule has 0 radical (unpaired) electrons. The number of benzene rings is 2. The van der Waals surface area contributed by atoms with Crippen molar-refractivity contribution in [2.45, 2.75) is 51.9 Å². The van der Waals surface area contributed by atoms with Crippen LogP contribution in [0.15, 0.2) is 66.7 Å². The van der Waals surface area contributed by atoms with Gasteiger partial charge in [0.25, 0.3) is 0 Å². The zero-order chi connectivity index (χ0) is 23.1. The molecule has 1 fully saturated rings. The van der Waals surface area contributed by atoms with Gasteiger partial charge in [0.15, 0.2) is 0 Å². The van der Waals surface area contributed by atoms with Gasteiger partial charge in [0.2, 0.25) is 5.91 Å². The van der Waals surface area contributed by atoms with Crippen LogP contribution in [0.4, 0.5) is 4.79 Å². The molecular formula is C26H29NO5. The lowest BCUT2D eigenvalue weighted by atomic mass is 10.0. The second kappa shape index (κ2) is 10.3. The van der Waals surface area contributed by atoms with Crippen LogP contribution in [0, 0.1) is 5.92 Å². The number of carbonyl (C=O) groups is 3. The van der Waals surface area contributed by atoms with Crippen molar-refractivity contribution in [1.29, 1.82) is 0 Å². The predicted octanol–water partition coefficient (Wildman–Crippen LogP) is 4.99. The lowest BCUT2D eigenvalue weighted by molar-refractivity contribution is -0.161. The van der Waals surface area contributed by atoms with E-state index in [2.05, 4.69) is 0 Å². The van der Waals surface area contributed by atoms with Crippen LogP contribution in [0.5, 0.6) is 0 Å². The first-order chi connectivity index (χ1) is 15.2. The number of hydrogen-bond donors (Lipinski definition) is 0. The summed E-state index contributed by atoms with van der Waals surface area (Å²) < 4.78 is 10.8. The summed E-state index contributed by atoms with van der Waals surface area (Å²) in [6.45, 7) is 5.27. The Morgan fingerprint density at radius 2 is 1.66 bits per heavy atom. The molecule has 0 saturated carbocycles. The van der Waals surface area contributed by atoms with Gasteiger partial charge in [-0.3, -0.25) is 4.79 Å². The van der Waals surface area contributed by atoms with Gasteiger partial charge in [0.05, 0.1) is 0 Å². The Labute approximate surface area is 188 Å². The van der Waals surface area contributed by atoms with E-state index in [1.807, 2.05) is 72.8 Å². The average Bonchev–Trinajstić information content (AvgIpc) is 3.09. The van der Waals surface area contributed by atoms with Crippen molar-refractivity contribution in [3.63, 3.8) is 0 Å². The molecule has 32 heavy (non-hydrogen) atoms. The molecule has 2 atom stereocenters. The van der Waals surface area contributed by atoms with Crippen molar-refractivity contribution >= 4 is 24.0 Å². The molecule has 1 saturated heterocycles. The van der Waals surface area contributed by atoms with E-state index >= 15 is 0 Å². The summed E-state index contributed by atoms with van der Waals surface area (Å²) in [5.74, 6) is -1.52. The highest BCUT2D eigenvalue weighted by Gasteiger charge is 2.48. The fraction of sp³-hybridized carbons (Fsp3) is 0.346. The Hall–Kier alpha value is -3.41. The fourth-order valence-corrected chi connectivity index (χ4v) is 3.53. The number of carbonyl (C=O) groups excluding carboxylic acids is 3. The van der Waals surface area contributed by atoms with E-state index in [9.17, 15) is 14.4 Å². The Morgan fingerprint density at radius 3 is 2.28 bits per heavy atom. The zero-order valence-electron chi connectivity index (χ0n) is 18.7. The third-order valence-corrected chi connectivity index (χ3v) is 5.02. The predicted molar refractivity (Wildman–Crippen MR) is 121 cm³/mol. The molecule has 2 amide bonds. The van der Waals surface area contributed by atoms with Gasteiger partial charge in [-0.2, -0.15) is 0 Å². The maximum absolute atomic E-state index is 13.1. The quantitative estimate of drug-likeness (QED) is 0.598.